The van der Waals surface area contributed by atoms with Gasteiger partial charge in [0.2, 0.25) is 5.88 Å². The van der Waals surface area contributed by atoms with Crippen LogP contribution in [0.3, 0.4) is 0 Å². The van der Waals surface area contributed by atoms with Crippen molar-refractivity contribution in [3.05, 3.63) is 39.5 Å². The minimum Gasteiger partial charge on any atom is -0.472 e. The number of hydrogen-bond donors (Lipinski definition) is 1. The van der Waals surface area contributed by atoms with Gasteiger partial charge in [0, 0.05) is 29.7 Å². The highest BCUT2D eigenvalue weighted by molar-refractivity contribution is 7.11. The van der Waals surface area contributed by atoms with Crippen LogP contribution in [0.1, 0.15) is 40.0 Å². The molecule has 0 saturated carbocycles. The summed E-state index contributed by atoms with van der Waals surface area (Å²) in [5.74, 6) is 0.238. The van der Waals surface area contributed by atoms with Crippen LogP contribution in [0, 0.1) is 6.92 Å². The summed E-state index contributed by atoms with van der Waals surface area (Å²) >= 11 is 1.75. The average molecular weight is 339 g/mol. The number of aromatic nitrogens is 2. The third-order valence-corrected chi connectivity index (χ3v) is 4.89. The van der Waals surface area contributed by atoms with E-state index in [1.807, 2.05) is 13.0 Å². The number of pyridine rings is 1. The van der Waals surface area contributed by atoms with Crippen LogP contribution in [0.2, 0.25) is 0 Å². The Morgan fingerprint density at radius 3 is 3.17 bits per heavy atom. The highest BCUT2D eigenvalue weighted by Crippen LogP contribution is 2.34. The SMILES string of the molecule is Cc1nc2c(s1)[C@H](NCc1ccnc(OCC(F)F)c1)CCC2. The Labute approximate surface area is 137 Å². The highest BCUT2D eigenvalue weighted by atomic mass is 32.1. The molecule has 4 nitrogen and oxygen atoms in total. The zero-order valence-corrected chi connectivity index (χ0v) is 13.7. The first kappa shape index (κ1) is 16.3. The molecule has 1 aliphatic carbocycles. The number of ether oxygens (including phenoxy) is 1. The van der Waals surface area contributed by atoms with Crippen molar-refractivity contribution in [3.63, 3.8) is 0 Å². The largest absolute Gasteiger partial charge is 0.472 e. The van der Waals surface area contributed by atoms with E-state index in [0.29, 0.717) is 12.6 Å². The molecule has 0 radical (unpaired) electrons. The molecule has 2 heterocycles. The summed E-state index contributed by atoms with van der Waals surface area (Å²) in [5, 5.41) is 4.65. The standard InChI is InChI=1S/C16H19F2N3OS/c1-10-21-13-4-2-3-12(16(13)23-10)20-8-11-5-6-19-15(7-11)22-9-14(17)18/h5-7,12,14,20H,2-4,8-9H2,1H3/t12-/m1/s1. The van der Waals surface area contributed by atoms with E-state index < -0.39 is 13.0 Å². The zero-order valence-electron chi connectivity index (χ0n) is 12.9. The number of hydrogen-bond acceptors (Lipinski definition) is 5. The molecule has 0 amide bonds. The minimum atomic E-state index is -2.49. The van der Waals surface area contributed by atoms with Gasteiger partial charge in [0.25, 0.3) is 6.43 Å². The van der Waals surface area contributed by atoms with Crippen LogP contribution in [-0.2, 0) is 13.0 Å². The molecule has 1 aliphatic rings. The summed E-state index contributed by atoms with van der Waals surface area (Å²) in [6.45, 7) is 2.06. The number of halogens is 2. The van der Waals surface area contributed by atoms with Crippen LogP contribution in [0.4, 0.5) is 8.78 Å². The lowest BCUT2D eigenvalue weighted by molar-refractivity contribution is 0.0795. The Bertz CT molecular complexity index is 663. The average Bonchev–Trinajstić information content (AvgIpc) is 2.92. The normalized spacial score (nSPS) is 17.3. The smallest absolute Gasteiger partial charge is 0.272 e. The van der Waals surface area contributed by atoms with E-state index in [1.54, 1.807) is 23.6 Å². The van der Waals surface area contributed by atoms with Crippen molar-refractivity contribution in [2.75, 3.05) is 6.61 Å². The van der Waals surface area contributed by atoms with E-state index in [4.69, 9.17) is 4.74 Å². The van der Waals surface area contributed by atoms with Crippen molar-refractivity contribution in [2.24, 2.45) is 0 Å². The fourth-order valence-corrected chi connectivity index (χ4v) is 3.85. The van der Waals surface area contributed by atoms with E-state index in [9.17, 15) is 8.78 Å². The molecule has 124 valence electrons. The van der Waals surface area contributed by atoms with Crippen molar-refractivity contribution in [1.29, 1.82) is 0 Å². The summed E-state index contributed by atoms with van der Waals surface area (Å²) in [6, 6.07) is 3.88. The molecular formula is C16H19F2N3OS. The number of nitrogens with zero attached hydrogens (tertiary/aromatic N) is 2. The number of rotatable bonds is 6. The maximum absolute atomic E-state index is 12.2. The number of alkyl halides is 2. The monoisotopic (exact) mass is 339 g/mol. The van der Waals surface area contributed by atoms with Crippen molar-refractivity contribution in [1.82, 2.24) is 15.3 Å². The van der Waals surface area contributed by atoms with Gasteiger partial charge in [-0.3, -0.25) is 0 Å². The van der Waals surface area contributed by atoms with Crippen molar-refractivity contribution in [2.45, 2.75) is 45.2 Å². The van der Waals surface area contributed by atoms with E-state index in [0.717, 1.165) is 29.8 Å². The topological polar surface area (TPSA) is 47.0 Å². The molecule has 0 aromatic carbocycles. The quantitative estimate of drug-likeness (QED) is 0.872. The molecule has 0 unspecified atom stereocenters. The van der Waals surface area contributed by atoms with E-state index in [-0.39, 0.29) is 5.88 Å². The van der Waals surface area contributed by atoms with Crippen LogP contribution < -0.4 is 10.1 Å². The van der Waals surface area contributed by atoms with Gasteiger partial charge in [-0.1, -0.05) is 0 Å². The second kappa shape index (κ2) is 7.31. The van der Waals surface area contributed by atoms with Crippen molar-refractivity contribution < 1.29 is 13.5 Å². The van der Waals surface area contributed by atoms with Gasteiger partial charge in [-0.05, 0) is 37.8 Å². The highest BCUT2D eigenvalue weighted by Gasteiger charge is 2.23. The molecule has 23 heavy (non-hydrogen) atoms. The van der Waals surface area contributed by atoms with Gasteiger partial charge in [0.15, 0.2) is 6.61 Å². The lowest BCUT2D eigenvalue weighted by Gasteiger charge is -2.22. The number of thiazole rings is 1. The molecular weight excluding hydrogens is 320 g/mol. The molecule has 1 N–H and O–H groups in total. The van der Waals surface area contributed by atoms with Crippen LogP contribution >= 0.6 is 11.3 Å². The first-order chi connectivity index (χ1) is 11.1. The predicted octanol–water partition coefficient (Wildman–Crippen LogP) is 3.66. The maximum atomic E-state index is 12.2. The first-order valence-electron chi connectivity index (χ1n) is 7.67. The lowest BCUT2D eigenvalue weighted by atomic mass is 9.98. The van der Waals surface area contributed by atoms with Gasteiger partial charge in [-0.25, -0.2) is 18.7 Å². The Morgan fingerprint density at radius 1 is 1.48 bits per heavy atom. The number of fused-ring (bicyclic) bond motifs is 1. The Hall–Kier alpha value is -1.60. The predicted molar refractivity (Wildman–Crippen MR) is 85.1 cm³/mol. The molecule has 0 saturated heterocycles. The third-order valence-electron chi connectivity index (χ3n) is 3.77. The summed E-state index contributed by atoms with van der Waals surface area (Å²) in [4.78, 5) is 9.87. The number of aryl methyl sites for hydroxylation is 2. The fourth-order valence-electron chi connectivity index (χ4n) is 2.77. The second-order valence-electron chi connectivity index (χ2n) is 5.57. The first-order valence-corrected chi connectivity index (χ1v) is 8.49. The molecule has 1 atom stereocenters. The van der Waals surface area contributed by atoms with Crippen LogP contribution in [0.15, 0.2) is 18.3 Å². The van der Waals surface area contributed by atoms with Crippen LogP contribution in [-0.4, -0.2) is 23.0 Å². The minimum absolute atomic E-state index is 0.238. The van der Waals surface area contributed by atoms with Crippen LogP contribution in [0.25, 0.3) is 0 Å². The van der Waals surface area contributed by atoms with E-state index in [1.165, 1.54) is 10.6 Å². The molecule has 0 spiro atoms. The summed E-state index contributed by atoms with van der Waals surface area (Å²) in [6.07, 6.45) is 2.37. The zero-order chi connectivity index (χ0) is 16.2. The van der Waals surface area contributed by atoms with Gasteiger partial charge in [-0.15, -0.1) is 11.3 Å². The summed E-state index contributed by atoms with van der Waals surface area (Å²) in [7, 11) is 0. The van der Waals surface area contributed by atoms with Gasteiger partial charge in [-0.2, -0.15) is 0 Å². The fraction of sp³-hybridized carbons (Fsp3) is 0.500. The number of nitrogens with one attached hydrogen (secondary N) is 1. The van der Waals surface area contributed by atoms with Gasteiger partial charge < -0.3 is 10.1 Å². The van der Waals surface area contributed by atoms with E-state index >= 15 is 0 Å². The van der Waals surface area contributed by atoms with Gasteiger partial charge in [0.05, 0.1) is 10.7 Å². The molecule has 0 bridgehead atoms. The van der Waals surface area contributed by atoms with Crippen molar-refractivity contribution in [3.8, 4) is 5.88 Å². The third kappa shape index (κ3) is 4.23. The molecule has 0 fully saturated rings. The summed E-state index contributed by atoms with van der Waals surface area (Å²) < 4.78 is 29.3. The second-order valence-corrected chi connectivity index (χ2v) is 6.81. The molecule has 2 aromatic heterocycles. The Morgan fingerprint density at radius 2 is 2.35 bits per heavy atom. The molecule has 3 rings (SSSR count). The Balaban J connectivity index is 1.61. The summed E-state index contributed by atoms with van der Waals surface area (Å²) in [5.41, 5.74) is 2.18. The maximum Gasteiger partial charge on any atom is 0.272 e. The van der Waals surface area contributed by atoms with Gasteiger partial charge >= 0.3 is 0 Å². The molecule has 2 aromatic rings. The van der Waals surface area contributed by atoms with Crippen LogP contribution in [0.5, 0.6) is 5.88 Å². The Kier molecular flexibility index (Phi) is 5.17. The van der Waals surface area contributed by atoms with Gasteiger partial charge in [0.1, 0.15) is 0 Å². The molecule has 0 aliphatic heterocycles. The van der Waals surface area contributed by atoms with E-state index in [2.05, 4.69) is 15.3 Å². The molecule has 7 heteroatoms. The lowest BCUT2D eigenvalue weighted by Crippen LogP contribution is -2.23. The van der Waals surface area contributed by atoms with Crippen molar-refractivity contribution >= 4 is 11.3 Å².